The van der Waals surface area contributed by atoms with E-state index in [0.717, 1.165) is 19.4 Å². The first-order valence-electron chi connectivity index (χ1n) is 4.95. The second kappa shape index (κ2) is 4.52. The van der Waals surface area contributed by atoms with E-state index in [2.05, 4.69) is 10.1 Å². The number of rotatable bonds is 4. The minimum atomic E-state index is 0.0154. The van der Waals surface area contributed by atoms with Crippen LogP contribution in [-0.2, 0) is 11.2 Å². The number of ether oxygens (including phenoxy) is 1. The Morgan fingerprint density at radius 1 is 1.50 bits per heavy atom. The van der Waals surface area contributed by atoms with E-state index < -0.39 is 0 Å². The van der Waals surface area contributed by atoms with Crippen molar-refractivity contribution in [2.24, 2.45) is 0 Å². The summed E-state index contributed by atoms with van der Waals surface area (Å²) in [6.07, 6.45) is 3.34. The largest absolute Gasteiger partial charge is 0.396 e. The molecule has 1 aliphatic rings. The van der Waals surface area contributed by atoms with Gasteiger partial charge in [0.15, 0.2) is 0 Å². The van der Waals surface area contributed by atoms with Crippen LogP contribution in [0.4, 0.5) is 0 Å². The maximum Gasteiger partial charge on any atom is 0.226 e. The van der Waals surface area contributed by atoms with Crippen LogP contribution in [0.2, 0.25) is 0 Å². The summed E-state index contributed by atoms with van der Waals surface area (Å²) >= 11 is 0. The minimum absolute atomic E-state index is 0.0154. The second-order valence-electron chi connectivity index (χ2n) is 3.38. The second-order valence-corrected chi connectivity index (χ2v) is 3.38. The monoisotopic (exact) mass is 198 g/mol. The smallest absolute Gasteiger partial charge is 0.226 e. The summed E-state index contributed by atoms with van der Waals surface area (Å²) < 4.78 is 10.4. The average Bonchev–Trinajstić information content (AvgIpc) is 2.85. The maximum absolute atomic E-state index is 8.63. The van der Waals surface area contributed by atoms with Gasteiger partial charge in [-0.15, -0.1) is 0 Å². The number of aromatic nitrogens is 2. The standard InChI is InChI=1S/C9H14N2O3/c12-5-1-4-8-10-9(11-14-8)7-3-2-6-13-7/h7,12H,1-6H2. The van der Waals surface area contributed by atoms with Gasteiger partial charge in [-0.1, -0.05) is 5.16 Å². The van der Waals surface area contributed by atoms with Crippen molar-refractivity contribution in [1.82, 2.24) is 10.1 Å². The Morgan fingerprint density at radius 2 is 2.43 bits per heavy atom. The summed E-state index contributed by atoms with van der Waals surface area (Å²) in [5.41, 5.74) is 0. The number of nitrogens with zero attached hydrogens (tertiary/aromatic N) is 2. The molecule has 1 aromatic heterocycles. The molecule has 1 unspecified atom stereocenters. The van der Waals surface area contributed by atoms with Crippen LogP contribution in [0.15, 0.2) is 4.52 Å². The Labute approximate surface area is 82.1 Å². The van der Waals surface area contributed by atoms with E-state index in [0.29, 0.717) is 24.6 Å². The lowest BCUT2D eigenvalue weighted by Gasteiger charge is -2.00. The van der Waals surface area contributed by atoms with Gasteiger partial charge < -0.3 is 14.4 Å². The SMILES string of the molecule is OCCCc1nc(C2CCCO2)no1. The third-order valence-electron chi connectivity index (χ3n) is 2.25. The Kier molecular flexibility index (Phi) is 3.10. The number of hydrogen-bond acceptors (Lipinski definition) is 5. The van der Waals surface area contributed by atoms with E-state index >= 15 is 0 Å². The minimum Gasteiger partial charge on any atom is -0.396 e. The van der Waals surface area contributed by atoms with Crippen LogP contribution in [0.3, 0.4) is 0 Å². The summed E-state index contributed by atoms with van der Waals surface area (Å²) in [5.74, 6) is 1.24. The fourth-order valence-electron chi connectivity index (χ4n) is 1.51. The molecule has 78 valence electrons. The molecule has 0 spiro atoms. The van der Waals surface area contributed by atoms with E-state index in [1.54, 1.807) is 0 Å². The first-order valence-corrected chi connectivity index (χ1v) is 4.95. The van der Waals surface area contributed by atoms with Crippen LogP contribution in [0.5, 0.6) is 0 Å². The molecule has 2 heterocycles. The van der Waals surface area contributed by atoms with Gasteiger partial charge in [0.2, 0.25) is 11.7 Å². The van der Waals surface area contributed by atoms with Crippen LogP contribution < -0.4 is 0 Å². The molecule has 0 saturated carbocycles. The summed E-state index contributed by atoms with van der Waals surface area (Å²) in [4.78, 5) is 4.22. The molecule has 1 N–H and O–H groups in total. The highest BCUT2D eigenvalue weighted by Gasteiger charge is 2.22. The van der Waals surface area contributed by atoms with Crippen molar-refractivity contribution >= 4 is 0 Å². The number of aliphatic hydroxyl groups excluding tert-OH is 1. The lowest BCUT2D eigenvalue weighted by molar-refractivity contribution is 0.103. The van der Waals surface area contributed by atoms with Gasteiger partial charge in [0.05, 0.1) is 0 Å². The Morgan fingerprint density at radius 3 is 3.14 bits per heavy atom. The predicted octanol–water partition coefficient (Wildman–Crippen LogP) is 0.846. The Hall–Kier alpha value is -0.940. The molecule has 0 radical (unpaired) electrons. The predicted molar refractivity (Wildman–Crippen MR) is 47.6 cm³/mol. The molecule has 1 aromatic rings. The molecule has 1 atom stereocenters. The quantitative estimate of drug-likeness (QED) is 0.776. The normalized spacial score (nSPS) is 21.6. The fourth-order valence-corrected chi connectivity index (χ4v) is 1.51. The van der Waals surface area contributed by atoms with Gasteiger partial charge in [-0.3, -0.25) is 0 Å². The van der Waals surface area contributed by atoms with Crippen molar-refractivity contribution in [2.75, 3.05) is 13.2 Å². The Balaban J connectivity index is 1.94. The third-order valence-corrected chi connectivity index (χ3v) is 2.25. The molecule has 0 aliphatic carbocycles. The number of aryl methyl sites for hydroxylation is 1. The molecule has 14 heavy (non-hydrogen) atoms. The molecular formula is C9H14N2O3. The summed E-state index contributed by atoms with van der Waals surface area (Å²) in [6, 6.07) is 0. The zero-order valence-corrected chi connectivity index (χ0v) is 7.98. The van der Waals surface area contributed by atoms with Crippen molar-refractivity contribution in [2.45, 2.75) is 31.8 Å². The molecule has 0 aromatic carbocycles. The van der Waals surface area contributed by atoms with Gasteiger partial charge in [0.1, 0.15) is 6.10 Å². The number of aliphatic hydroxyl groups is 1. The summed E-state index contributed by atoms with van der Waals surface area (Å²) in [5, 5.41) is 12.5. The molecule has 0 amide bonds. The molecule has 1 saturated heterocycles. The molecule has 1 aliphatic heterocycles. The molecule has 1 fully saturated rings. The first kappa shape index (κ1) is 9.61. The lowest BCUT2D eigenvalue weighted by atomic mass is 10.2. The van der Waals surface area contributed by atoms with E-state index in [-0.39, 0.29) is 12.7 Å². The maximum atomic E-state index is 8.63. The highest BCUT2D eigenvalue weighted by Crippen LogP contribution is 2.26. The van der Waals surface area contributed by atoms with E-state index in [9.17, 15) is 0 Å². The zero-order valence-electron chi connectivity index (χ0n) is 7.98. The average molecular weight is 198 g/mol. The topological polar surface area (TPSA) is 68.4 Å². The van der Waals surface area contributed by atoms with Crippen LogP contribution in [0.25, 0.3) is 0 Å². The summed E-state index contributed by atoms with van der Waals surface area (Å²) in [6.45, 7) is 0.933. The number of hydrogen-bond donors (Lipinski definition) is 1. The fraction of sp³-hybridized carbons (Fsp3) is 0.778. The molecule has 5 heteroatoms. The first-order chi connectivity index (χ1) is 6.90. The van der Waals surface area contributed by atoms with E-state index in [1.807, 2.05) is 0 Å². The zero-order chi connectivity index (χ0) is 9.80. The van der Waals surface area contributed by atoms with Crippen molar-refractivity contribution in [1.29, 1.82) is 0 Å². The van der Waals surface area contributed by atoms with Crippen LogP contribution in [0.1, 0.15) is 37.1 Å². The van der Waals surface area contributed by atoms with Gasteiger partial charge in [0.25, 0.3) is 0 Å². The van der Waals surface area contributed by atoms with E-state index in [4.69, 9.17) is 14.4 Å². The Bertz CT molecular complexity index is 281. The van der Waals surface area contributed by atoms with Gasteiger partial charge in [-0.25, -0.2) is 0 Å². The highest BCUT2D eigenvalue weighted by atomic mass is 16.5. The third kappa shape index (κ3) is 2.10. The van der Waals surface area contributed by atoms with Crippen molar-refractivity contribution in [3.63, 3.8) is 0 Å². The van der Waals surface area contributed by atoms with Gasteiger partial charge in [0, 0.05) is 19.6 Å². The van der Waals surface area contributed by atoms with Crippen molar-refractivity contribution in [3.05, 3.63) is 11.7 Å². The van der Waals surface area contributed by atoms with Crippen LogP contribution in [0, 0.1) is 0 Å². The molecule has 2 rings (SSSR count). The lowest BCUT2D eigenvalue weighted by Crippen LogP contribution is -1.98. The van der Waals surface area contributed by atoms with Gasteiger partial charge in [-0.2, -0.15) is 4.98 Å². The molecule has 0 bridgehead atoms. The van der Waals surface area contributed by atoms with E-state index in [1.165, 1.54) is 0 Å². The molecule has 5 nitrogen and oxygen atoms in total. The van der Waals surface area contributed by atoms with Crippen LogP contribution in [-0.4, -0.2) is 28.5 Å². The summed E-state index contributed by atoms with van der Waals surface area (Å²) in [7, 11) is 0. The van der Waals surface area contributed by atoms with Crippen molar-refractivity contribution in [3.8, 4) is 0 Å². The van der Waals surface area contributed by atoms with Gasteiger partial charge in [-0.05, 0) is 19.3 Å². The van der Waals surface area contributed by atoms with Gasteiger partial charge >= 0.3 is 0 Å². The van der Waals surface area contributed by atoms with Crippen molar-refractivity contribution < 1.29 is 14.4 Å². The molecular weight excluding hydrogens is 184 g/mol. The highest BCUT2D eigenvalue weighted by molar-refractivity contribution is 4.93. The van der Waals surface area contributed by atoms with Crippen LogP contribution >= 0.6 is 0 Å².